The molecule has 0 heterocycles. The zero-order valence-corrected chi connectivity index (χ0v) is 26.1. The predicted molar refractivity (Wildman–Crippen MR) is 176 cm³/mol. The van der Waals surface area contributed by atoms with Gasteiger partial charge in [0.1, 0.15) is 17.2 Å². The summed E-state index contributed by atoms with van der Waals surface area (Å²) in [6.07, 6.45) is 4.57. The van der Waals surface area contributed by atoms with E-state index in [0.717, 1.165) is 0 Å². The number of rotatable bonds is 13. The van der Waals surface area contributed by atoms with Crippen molar-refractivity contribution in [2.75, 3.05) is 40.9 Å². The minimum Gasteiger partial charge on any atom is -0.497 e. The van der Waals surface area contributed by atoms with Crippen molar-refractivity contribution < 1.29 is 38.1 Å². The molecule has 0 spiro atoms. The Labute approximate surface area is 267 Å². The van der Waals surface area contributed by atoms with E-state index in [0.29, 0.717) is 56.7 Å². The molecule has 0 aliphatic rings. The van der Waals surface area contributed by atoms with Gasteiger partial charge >= 0.3 is 0 Å². The second-order valence-electron chi connectivity index (χ2n) is 9.67. The van der Waals surface area contributed by atoms with Gasteiger partial charge in [-0.1, -0.05) is 24.3 Å². The number of benzene rings is 4. The molecule has 4 aromatic carbocycles. The van der Waals surface area contributed by atoms with Gasteiger partial charge in [0.05, 0.1) is 35.5 Å². The van der Waals surface area contributed by atoms with Crippen LogP contribution in [-0.2, 0) is 4.79 Å². The second-order valence-corrected chi connectivity index (χ2v) is 9.67. The molecule has 0 radical (unpaired) electrons. The number of hydrogen-bond donors (Lipinski definition) is 2. The van der Waals surface area contributed by atoms with Crippen LogP contribution in [0.2, 0.25) is 0 Å². The van der Waals surface area contributed by atoms with Crippen molar-refractivity contribution in [1.29, 1.82) is 0 Å². The number of hydrogen-bond acceptors (Lipinski definition) is 8. The summed E-state index contributed by atoms with van der Waals surface area (Å²) in [6.45, 7) is 0. The van der Waals surface area contributed by atoms with Crippen LogP contribution in [-0.4, -0.2) is 53.1 Å². The molecular formula is C36H34N2O8. The fraction of sp³-hybridized carbons (Fsp3) is 0.139. The highest BCUT2D eigenvalue weighted by molar-refractivity contribution is 6.11. The van der Waals surface area contributed by atoms with Crippen LogP contribution in [0.4, 0.5) is 5.69 Å². The van der Waals surface area contributed by atoms with Crippen LogP contribution < -0.4 is 34.3 Å². The largest absolute Gasteiger partial charge is 0.497 e. The molecule has 2 N–H and O–H groups in total. The highest BCUT2D eigenvalue weighted by Gasteiger charge is 2.17. The van der Waals surface area contributed by atoms with Crippen molar-refractivity contribution in [1.82, 2.24) is 5.32 Å². The lowest BCUT2D eigenvalue weighted by atomic mass is 10.1. The van der Waals surface area contributed by atoms with Crippen molar-refractivity contribution in [2.45, 2.75) is 0 Å². The molecule has 0 unspecified atom stereocenters. The Morgan fingerprint density at radius 1 is 0.652 bits per heavy atom. The Balaban J connectivity index is 1.55. The molecule has 0 aromatic heterocycles. The zero-order valence-electron chi connectivity index (χ0n) is 26.1. The van der Waals surface area contributed by atoms with E-state index in [2.05, 4.69) is 10.6 Å². The van der Waals surface area contributed by atoms with Gasteiger partial charge in [0, 0.05) is 22.4 Å². The van der Waals surface area contributed by atoms with Crippen LogP contribution in [0, 0.1) is 0 Å². The highest BCUT2D eigenvalue weighted by atomic mass is 16.5. The quantitative estimate of drug-likeness (QED) is 0.137. The second kappa shape index (κ2) is 15.6. The highest BCUT2D eigenvalue weighted by Crippen LogP contribution is 2.38. The van der Waals surface area contributed by atoms with E-state index in [9.17, 15) is 14.4 Å². The van der Waals surface area contributed by atoms with E-state index in [-0.39, 0.29) is 11.5 Å². The third kappa shape index (κ3) is 8.11. The molecule has 0 aliphatic carbocycles. The number of allylic oxidation sites excluding steroid dienone is 1. The maximum atomic E-state index is 13.5. The van der Waals surface area contributed by atoms with Gasteiger partial charge in [-0.15, -0.1) is 0 Å². The van der Waals surface area contributed by atoms with Gasteiger partial charge in [-0.05, 0) is 84.4 Å². The third-order valence-corrected chi connectivity index (χ3v) is 6.81. The molecule has 0 atom stereocenters. The summed E-state index contributed by atoms with van der Waals surface area (Å²) >= 11 is 0. The lowest BCUT2D eigenvalue weighted by molar-refractivity contribution is -0.113. The van der Waals surface area contributed by atoms with E-state index < -0.39 is 11.8 Å². The monoisotopic (exact) mass is 622 g/mol. The molecule has 4 aromatic rings. The SMILES string of the molecule is COc1ccc(OC)c(/C=C(\NC(=O)c2ccccc2)C(=O)Nc2ccc(C(=O)/C=C/c3cc(OC)c(OC)c(OC)c3)cc2)c1. The summed E-state index contributed by atoms with van der Waals surface area (Å²) in [5.74, 6) is 1.08. The van der Waals surface area contributed by atoms with E-state index >= 15 is 0 Å². The summed E-state index contributed by atoms with van der Waals surface area (Å²) in [5.41, 5.74) is 2.34. The molecule has 2 amide bonds. The van der Waals surface area contributed by atoms with Crippen molar-refractivity contribution >= 4 is 35.4 Å². The Bertz CT molecular complexity index is 1740. The number of carbonyl (C=O) groups is 3. The smallest absolute Gasteiger partial charge is 0.272 e. The fourth-order valence-electron chi connectivity index (χ4n) is 4.43. The first-order valence-corrected chi connectivity index (χ1v) is 14.0. The molecular weight excluding hydrogens is 588 g/mol. The van der Waals surface area contributed by atoms with Crippen LogP contribution in [0.3, 0.4) is 0 Å². The summed E-state index contributed by atoms with van der Waals surface area (Å²) in [6, 6.07) is 23.5. The van der Waals surface area contributed by atoms with Crippen LogP contribution in [0.15, 0.2) is 96.7 Å². The number of ether oxygens (including phenoxy) is 5. The average molecular weight is 623 g/mol. The standard InChI is InChI=1S/C36H34N2O8/c1-42-28-16-18-31(43-2)26(21-28)22-29(38-35(40)25-9-7-6-8-10-25)36(41)37-27-14-12-24(13-15-27)30(39)17-11-23-19-32(44-3)34(46-5)33(20-23)45-4/h6-22H,1-5H3,(H,37,41)(H,38,40)/b17-11+,29-22-. The molecule has 46 heavy (non-hydrogen) atoms. The Kier molecular flexibility index (Phi) is 11.2. The molecule has 0 aliphatic heterocycles. The number of ketones is 1. The van der Waals surface area contributed by atoms with E-state index in [1.54, 1.807) is 91.0 Å². The lowest BCUT2D eigenvalue weighted by Crippen LogP contribution is -2.30. The van der Waals surface area contributed by atoms with Gasteiger partial charge in [-0.25, -0.2) is 0 Å². The van der Waals surface area contributed by atoms with Gasteiger partial charge < -0.3 is 34.3 Å². The van der Waals surface area contributed by atoms with E-state index in [4.69, 9.17) is 23.7 Å². The van der Waals surface area contributed by atoms with Crippen LogP contribution in [0.5, 0.6) is 28.7 Å². The number of amides is 2. The van der Waals surface area contributed by atoms with E-state index in [1.807, 2.05) is 0 Å². The molecule has 10 heteroatoms. The lowest BCUT2D eigenvalue weighted by Gasteiger charge is -2.13. The van der Waals surface area contributed by atoms with Gasteiger partial charge in [0.25, 0.3) is 11.8 Å². The van der Waals surface area contributed by atoms with Crippen molar-refractivity contribution in [3.8, 4) is 28.7 Å². The molecule has 4 rings (SSSR count). The zero-order chi connectivity index (χ0) is 33.1. The topological polar surface area (TPSA) is 121 Å². The summed E-state index contributed by atoms with van der Waals surface area (Å²) in [7, 11) is 7.58. The maximum Gasteiger partial charge on any atom is 0.272 e. The van der Waals surface area contributed by atoms with Gasteiger partial charge in [-0.2, -0.15) is 0 Å². The van der Waals surface area contributed by atoms with Crippen LogP contribution in [0.1, 0.15) is 31.8 Å². The van der Waals surface area contributed by atoms with Crippen LogP contribution >= 0.6 is 0 Å². The molecule has 0 saturated carbocycles. The summed E-state index contributed by atoms with van der Waals surface area (Å²) in [4.78, 5) is 39.4. The Hall–Kier alpha value is -6.03. The fourth-order valence-corrected chi connectivity index (χ4v) is 4.43. The van der Waals surface area contributed by atoms with Crippen LogP contribution in [0.25, 0.3) is 12.2 Å². The predicted octanol–water partition coefficient (Wildman–Crippen LogP) is 6.04. The third-order valence-electron chi connectivity index (χ3n) is 6.81. The molecule has 10 nitrogen and oxygen atoms in total. The molecule has 0 saturated heterocycles. The number of methoxy groups -OCH3 is 5. The van der Waals surface area contributed by atoms with Crippen molar-refractivity contribution in [2.24, 2.45) is 0 Å². The first-order valence-electron chi connectivity index (χ1n) is 14.0. The maximum absolute atomic E-state index is 13.5. The molecule has 0 fully saturated rings. The minimum atomic E-state index is -0.587. The van der Waals surface area contributed by atoms with Crippen molar-refractivity contribution in [3.05, 3.63) is 119 Å². The normalized spacial score (nSPS) is 11.0. The summed E-state index contributed by atoms with van der Waals surface area (Å²) in [5, 5.41) is 5.48. The number of nitrogens with one attached hydrogen (secondary N) is 2. The van der Waals surface area contributed by atoms with Gasteiger partial charge in [-0.3, -0.25) is 14.4 Å². The summed E-state index contributed by atoms with van der Waals surface area (Å²) < 4.78 is 26.9. The molecule has 236 valence electrons. The van der Waals surface area contributed by atoms with Gasteiger partial charge in [0.2, 0.25) is 5.75 Å². The first-order chi connectivity index (χ1) is 22.3. The van der Waals surface area contributed by atoms with Gasteiger partial charge in [0.15, 0.2) is 17.3 Å². The first kappa shape index (κ1) is 32.9. The number of anilines is 1. The Morgan fingerprint density at radius 3 is 1.89 bits per heavy atom. The Morgan fingerprint density at radius 2 is 1.30 bits per heavy atom. The number of carbonyl (C=O) groups excluding carboxylic acids is 3. The van der Waals surface area contributed by atoms with E-state index in [1.165, 1.54) is 47.7 Å². The average Bonchev–Trinajstić information content (AvgIpc) is 3.10. The van der Waals surface area contributed by atoms with Crippen molar-refractivity contribution in [3.63, 3.8) is 0 Å². The molecule has 0 bridgehead atoms. The minimum absolute atomic E-state index is 0.0335.